The van der Waals surface area contributed by atoms with Crippen LogP contribution in [0.3, 0.4) is 0 Å². The van der Waals surface area contributed by atoms with Crippen molar-refractivity contribution in [2.45, 2.75) is 24.9 Å². The van der Waals surface area contributed by atoms with Gasteiger partial charge in [0.15, 0.2) is 0 Å². The van der Waals surface area contributed by atoms with Gasteiger partial charge in [0.05, 0.1) is 27.7 Å². The van der Waals surface area contributed by atoms with Crippen molar-refractivity contribution in [1.29, 1.82) is 0 Å². The lowest BCUT2D eigenvalue weighted by molar-refractivity contribution is -0.132. The number of rotatable bonds is 4. The van der Waals surface area contributed by atoms with E-state index < -0.39 is 24.4 Å². The summed E-state index contributed by atoms with van der Waals surface area (Å²) in [5.41, 5.74) is 0.749. The molecule has 0 unspecified atom stereocenters. The minimum atomic E-state index is -3.07. The van der Waals surface area contributed by atoms with E-state index in [9.17, 15) is 18.4 Å². The zero-order chi connectivity index (χ0) is 20.5. The maximum atomic E-state index is 13.3. The molecule has 1 amide bonds. The van der Waals surface area contributed by atoms with Crippen molar-refractivity contribution in [3.8, 4) is 5.69 Å². The first-order chi connectivity index (χ1) is 14.0. The topological polar surface area (TPSA) is 76.0 Å². The predicted octanol–water partition coefficient (Wildman–Crippen LogP) is 2.82. The molecule has 29 heavy (non-hydrogen) atoms. The van der Waals surface area contributed by atoms with E-state index in [4.69, 9.17) is 11.6 Å². The molecule has 2 atom stereocenters. The van der Waals surface area contributed by atoms with Crippen LogP contribution in [0, 0.1) is 0 Å². The number of aromatic nitrogens is 2. The molecule has 3 aromatic rings. The lowest BCUT2D eigenvalue weighted by atomic mass is 10.1. The van der Waals surface area contributed by atoms with Crippen LogP contribution in [0.1, 0.15) is 18.3 Å². The number of hydrogen-bond acceptors (Lipinski definition) is 4. The third-order valence-electron chi connectivity index (χ3n) is 4.87. The maximum Gasteiger partial charge on any atom is 0.315 e. The van der Waals surface area contributed by atoms with Crippen molar-refractivity contribution >= 4 is 28.4 Å². The van der Waals surface area contributed by atoms with Crippen molar-refractivity contribution in [3.63, 3.8) is 0 Å². The van der Waals surface area contributed by atoms with Crippen molar-refractivity contribution in [2.24, 2.45) is 0 Å². The van der Waals surface area contributed by atoms with Crippen molar-refractivity contribution in [1.82, 2.24) is 20.2 Å². The minimum Gasteiger partial charge on any atom is -0.347 e. The first-order valence-electron chi connectivity index (χ1n) is 9.04. The van der Waals surface area contributed by atoms with Gasteiger partial charge in [0.25, 0.3) is 11.5 Å². The molecule has 6 nitrogen and oxygen atoms in total. The highest BCUT2D eigenvalue weighted by Crippen LogP contribution is 2.27. The van der Waals surface area contributed by atoms with Gasteiger partial charge in [-0.15, -0.1) is 0 Å². The molecule has 0 spiro atoms. The Morgan fingerprint density at radius 2 is 1.97 bits per heavy atom. The molecule has 4 rings (SSSR count). The summed E-state index contributed by atoms with van der Waals surface area (Å²) in [5, 5.41) is 6.09. The Hall–Kier alpha value is -2.84. The minimum absolute atomic E-state index is 0.293. The normalized spacial score (nSPS) is 19.0. The molecule has 1 aliphatic heterocycles. The Kier molecular flexibility index (Phi) is 5.29. The number of alkyl halides is 2. The molecule has 1 aromatic heterocycles. The van der Waals surface area contributed by atoms with Crippen LogP contribution in [-0.4, -0.2) is 34.5 Å². The maximum absolute atomic E-state index is 13.3. The Morgan fingerprint density at radius 3 is 2.69 bits per heavy atom. The van der Waals surface area contributed by atoms with Gasteiger partial charge < -0.3 is 10.6 Å². The van der Waals surface area contributed by atoms with E-state index in [2.05, 4.69) is 15.6 Å². The fourth-order valence-electron chi connectivity index (χ4n) is 3.57. The number of carbonyl (C=O) groups excluding carboxylic acids is 1. The average Bonchev–Trinajstić information content (AvgIpc) is 3.16. The summed E-state index contributed by atoms with van der Waals surface area (Å²) >= 11 is 6.26. The molecule has 2 N–H and O–H groups in total. The molecule has 0 radical (unpaired) electrons. The smallest absolute Gasteiger partial charge is 0.315 e. The molecule has 1 fully saturated rings. The van der Waals surface area contributed by atoms with Gasteiger partial charge in [-0.05, 0) is 30.7 Å². The van der Waals surface area contributed by atoms with Crippen LogP contribution in [0.15, 0.2) is 53.3 Å². The molecular weight excluding hydrogens is 402 g/mol. The second-order valence-corrected chi connectivity index (χ2v) is 7.19. The monoisotopic (exact) mass is 418 g/mol. The summed E-state index contributed by atoms with van der Waals surface area (Å²) in [7, 11) is 0. The SMILES string of the molecule is O=C(N[C@H]1CN[C@H](c2nc3cccc(Cl)c3c(=O)n2-c2ccccc2)C1)C(F)F. The van der Waals surface area contributed by atoms with Crippen molar-refractivity contribution in [3.05, 3.63) is 69.7 Å². The van der Waals surface area contributed by atoms with Crippen LogP contribution in [0.4, 0.5) is 8.78 Å². The van der Waals surface area contributed by atoms with Crippen LogP contribution in [0.25, 0.3) is 16.6 Å². The third kappa shape index (κ3) is 3.73. The largest absolute Gasteiger partial charge is 0.347 e. The lowest BCUT2D eigenvalue weighted by Gasteiger charge is -2.19. The molecule has 1 saturated heterocycles. The fraction of sp³-hybridized carbons (Fsp3) is 0.250. The Bertz CT molecular complexity index is 1120. The van der Waals surface area contributed by atoms with Gasteiger partial charge in [0.2, 0.25) is 0 Å². The van der Waals surface area contributed by atoms with Gasteiger partial charge >= 0.3 is 6.43 Å². The molecule has 2 aromatic carbocycles. The van der Waals surface area contributed by atoms with Crippen molar-refractivity contribution < 1.29 is 13.6 Å². The van der Waals surface area contributed by atoms with E-state index in [0.29, 0.717) is 40.4 Å². The van der Waals surface area contributed by atoms with Crippen LogP contribution < -0.4 is 16.2 Å². The number of nitrogens with zero attached hydrogens (tertiary/aromatic N) is 2. The Labute approximate surface area is 169 Å². The highest BCUT2D eigenvalue weighted by molar-refractivity contribution is 6.35. The van der Waals surface area contributed by atoms with Gasteiger partial charge in [0.1, 0.15) is 5.82 Å². The standard InChI is InChI=1S/C20H17ClF2N4O2/c21-13-7-4-8-14-16(13)20(29)27(12-5-2-1-3-6-12)18(26-14)15-9-11(10-24-15)25-19(28)17(22)23/h1-8,11,15,17,24H,9-10H2,(H,25,28)/t11-,15+/m1/s1. The number of para-hydroxylation sites is 1. The summed E-state index contributed by atoms with van der Waals surface area (Å²) in [6.45, 7) is 0.293. The average molecular weight is 419 g/mol. The molecule has 150 valence electrons. The summed E-state index contributed by atoms with van der Waals surface area (Å²) in [6.07, 6.45) is -2.75. The number of amides is 1. The first kappa shape index (κ1) is 19.5. The van der Waals surface area contributed by atoms with Gasteiger partial charge in [0, 0.05) is 12.6 Å². The van der Waals surface area contributed by atoms with Crippen LogP contribution in [0.5, 0.6) is 0 Å². The highest BCUT2D eigenvalue weighted by atomic mass is 35.5. The van der Waals surface area contributed by atoms with E-state index in [-0.39, 0.29) is 5.56 Å². The van der Waals surface area contributed by atoms with Gasteiger partial charge in [-0.25, -0.2) is 4.98 Å². The van der Waals surface area contributed by atoms with Crippen LogP contribution in [-0.2, 0) is 4.79 Å². The van der Waals surface area contributed by atoms with E-state index in [1.54, 1.807) is 42.5 Å². The summed E-state index contributed by atoms with van der Waals surface area (Å²) in [4.78, 5) is 29.3. The predicted molar refractivity (Wildman–Crippen MR) is 106 cm³/mol. The van der Waals surface area contributed by atoms with Gasteiger partial charge in [-0.3, -0.25) is 14.2 Å². The Morgan fingerprint density at radius 1 is 1.21 bits per heavy atom. The molecule has 9 heteroatoms. The summed E-state index contributed by atoms with van der Waals surface area (Å²) in [6, 6.07) is 13.1. The summed E-state index contributed by atoms with van der Waals surface area (Å²) in [5.74, 6) is -0.874. The van der Waals surface area contributed by atoms with E-state index >= 15 is 0 Å². The number of hydrogen-bond donors (Lipinski definition) is 2. The second kappa shape index (κ2) is 7.88. The molecule has 0 saturated carbocycles. The number of carbonyl (C=O) groups is 1. The number of nitrogens with one attached hydrogen (secondary N) is 2. The zero-order valence-electron chi connectivity index (χ0n) is 15.1. The number of halogens is 3. The van der Waals surface area contributed by atoms with E-state index in [1.165, 1.54) is 4.57 Å². The van der Waals surface area contributed by atoms with Crippen LogP contribution in [0.2, 0.25) is 5.02 Å². The van der Waals surface area contributed by atoms with E-state index in [1.807, 2.05) is 6.07 Å². The Balaban J connectivity index is 1.80. The number of fused-ring (bicyclic) bond motifs is 1. The highest BCUT2D eigenvalue weighted by Gasteiger charge is 2.32. The van der Waals surface area contributed by atoms with E-state index in [0.717, 1.165) is 0 Å². The second-order valence-electron chi connectivity index (χ2n) is 6.78. The molecule has 2 heterocycles. The zero-order valence-corrected chi connectivity index (χ0v) is 15.9. The number of benzene rings is 2. The fourth-order valence-corrected chi connectivity index (χ4v) is 3.82. The first-order valence-corrected chi connectivity index (χ1v) is 9.42. The van der Waals surface area contributed by atoms with Crippen LogP contribution >= 0.6 is 11.6 Å². The quantitative estimate of drug-likeness (QED) is 0.683. The third-order valence-corrected chi connectivity index (χ3v) is 5.19. The molecule has 1 aliphatic rings. The van der Waals surface area contributed by atoms with Gasteiger partial charge in [-0.1, -0.05) is 35.9 Å². The molecule has 0 aliphatic carbocycles. The lowest BCUT2D eigenvalue weighted by Crippen LogP contribution is -2.39. The van der Waals surface area contributed by atoms with Crippen molar-refractivity contribution in [2.75, 3.05) is 6.54 Å². The molecular formula is C20H17ClF2N4O2. The summed E-state index contributed by atoms with van der Waals surface area (Å²) < 4.78 is 26.6. The molecule has 0 bridgehead atoms. The van der Waals surface area contributed by atoms with Gasteiger partial charge in [-0.2, -0.15) is 8.78 Å².